The van der Waals surface area contributed by atoms with E-state index in [1.807, 2.05) is 0 Å². The molecule has 0 unspecified atom stereocenters. The smallest absolute Gasteiger partial charge is 0.256 e. The molecule has 0 bridgehead atoms. The van der Waals surface area contributed by atoms with Crippen LogP contribution >= 0.6 is 22.6 Å². The van der Waals surface area contributed by atoms with Gasteiger partial charge in [0, 0.05) is 15.3 Å². The lowest BCUT2D eigenvalue weighted by atomic mass is 9.99. The molecule has 2 rings (SSSR count). The van der Waals surface area contributed by atoms with Crippen molar-refractivity contribution in [1.82, 2.24) is 4.98 Å². The molecule has 0 spiro atoms. The lowest BCUT2D eigenvalue weighted by Gasteiger charge is -2.17. The fourth-order valence-electron chi connectivity index (χ4n) is 1.85. The Morgan fingerprint density at radius 1 is 0.857 bits per heavy atom. The lowest BCUT2D eigenvalue weighted by molar-refractivity contribution is -0.140. The van der Waals surface area contributed by atoms with Crippen molar-refractivity contribution < 1.29 is 26.3 Å². The van der Waals surface area contributed by atoms with E-state index in [0.717, 1.165) is 30.5 Å². The molecular weight excluding hydrogens is 411 g/mol. The minimum atomic E-state index is -4.79. The molecule has 0 aliphatic heterocycles. The molecule has 1 aromatic heterocycles. The van der Waals surface area contributed by atoms with Crippen LogP contribution in [-0.4, -0.2) is 4.98 Å². The van der Waals surface area contributed by atoms with Crippen LogP contribution < -0.4 is 0 Å². The molecule has 0 saturated heterocycles. The number of hydrogen-bond donors (Lipinski definition) is 0. The Kier molecular flexibility index (Phi) is 4.18. The lowest BCUT2D eigenvalue weighted by Crippen LogP contribution is -2.14. The van der Waals surface area contributed by atoms with Gasteiger partial charge in [-0.25, -0.2) is 0 Å². The second kappa shape index (κ2) is 5.47. The zero-order valence-corrected chi connectivity index (χ0v) is 12.2. The molecule has 0 saturated carbocycles. The average molecular weight is 417 g/mol. The Morgan fingerprint density at radius 3 is 2.05 bits per heavy atom. The molecule has 8 heteroatoms. The van der Waals surface area contributed by atoms with Crippen LogP contribution in [0.4, 0.5) is 26.3 Å². The van der Waals surface area contributed by atoms with Crippen molar-refractivity contribution in [2.24, 2.45) is 0 Å². The number of nitrogens with zero attached hydrogens (tertiary/aromatic N) is 1. The third-order valence-corrected chi connectivity index (χ3v) is 3.57. The van der Waals surface area contributed by atoms with Gasteiger partial charge in [0.25, 0.3) is 0 Å². The van der Waals surface area contributed by atoms with Crippen LogP contribution in [0.2, 0.25) is 0 Å². The van der Waals surface area contributed by atoms with E-state index in [2.05, 4.69) is 4.98 Å². The van der Waals surface area contributed by atoms with Crippen molar-refractivity contribution in [1.29, 1.82) is 0 Å². The Labute approximate surface area is 129 Å². The highest BCUT2D eigenvalue weighted by Gasteiger charge is 2.40. The van der Waals surface area contributed by atoms with Gasteiger partial charge >= 0.3 is 12.4 Å². The summed E-state index contributed by atoms with van der Waals surface area (Å²) in [4.78, 5) is 3.53. The molecule has 21 heavy (non-hydrogen) atoms. The molecule has 0 amide bonds. The molecule has 0 aliphatic carbocycles. The number of benzene rings is 1. The molecule has 0 fully saturated rings. The van der Waals surface area contributed by atoms with E-state index in [4.69, 9.17) is 0 Å². The first kappa shape index (κ1) is 16.1. The number of rotatable bonds is 1. The minimum Gasteiger partial charge on any atom is -0.256 e. The average Bonchev–Trinajstić information content (AvgIpc) is 2.36. The van der Waals surface area contributed by atoms with Crippen LogP contribution in [0.15, 0.2) is 36.5 Å². The third kappa shape index (κ3) is 3.30. The second-order valence-corrected chi connectivity index (χ2v) is 5.22. The molecule has 0 atom stereocenters. The Hall–Kier alpha value is -1.32. The first-order valence-corrected chi connectivity index (χ1v) is 6.58. The number of pyridine rings is 1. The topological polar surface area (TPSA) is 12.9 Å². The molecule has 0 aliphatic rings. The summed E-state index contributed by atoms with van der Waals surface area (Å²) in [6.45, 7) is 0. The quantitative estimate of drug-likeness (QED) is 0.448. The second-order valence-electron chi connectivity index (χ2n) is 4.06. The van der Waals surface area contributed by atoms with E-state index in [-0.39, 0.29) is 3.57 Å². The van der Waals surface area contributed by atoms with Crippen LogP contribution in [0.1, 0.15) is 11.1 Å². The van der Waals surface area contributed by atoms with Crippen molar-refractivity contribution in [2.45, 2.75) is 12.4 Å². The van der Waals surface area contributed by atoms with E-state index < -0.39 is 34.7 Å². The summed E-state index contributed by atoms with van der Waals surface area (Å²) in [5.74, 6) is 0. The Balaban J connectivity index is 2.79. The van der Waals surface area contributed by atoms with Crippen LogP contribution in [0.5, 0.6) is 0 Å². The fourth-order valence-corrected chi connectivity index (χ4v) is 2.57. The molecule has 1 nitrogen and oxygen atoms in total. The van der Waals surface area contributed by atoms with Gasteiger partial charge in [0.05, 0.1) is 16.8 Å². The van der Waals surface area contributed by atoms with Crippen LogP contribution in [0, 0.1) is 3.57 Å². The molecule has 2 aromatic rings. The van der Waals surface area contributed by atoms with Gasteiger partial charge in [-0.3, -0.25) is 4.98 Å². The number of alkyl halides is 6. The van der Waals surface area contributed by atoms with Gasteiger partial charge < -0.3 is 0 Å². The predicted octanol–water partition coefficient (Wildman–Crippen LogP) is 5.39. The van der Waals surface area contributed by atoms with Crippen LogP contribution in [0.25, 0.3) is 11.3 Å². The van der Waals surface area contributed by atoms with Crippen LogP contribution in [-0.2, 0) is 12.4 Å². The van der Waals surface area contributed by atoms with E-state index in [9.17, 15) is 26.3 Å². The normalized spacial score (nSPS) is 12.5. The van der Waals surface area contributed by atoms with Gasteiger partial charge in [-0.2, -0.15) is 26.3 Å². The summed E-state index contributed by atoms with van der Waals surface area (Å²) >= 11 is 1.43. The van der Waals surface area contributed by atoms with E-state index >= 15 is 0 Å². The molecule has 0 N–H and O–H groups in total. The first-order valence-electron chi connectivity index (χ1n) is 5.50. The highest BCUT2D eigenvalue weighted by molar-refractivity contribution is 14.1. The van der Waals surface area contributed by atoms with Gasteiger partial charge in [0.15, 0.2) is 0 Å². The largest absolute Gasteiger partial charge is 0.419 e. The standard InChI is InChI=1S/C13H6F6IN/c14-12(15,16)8-4-2-1-3-7(8)11-10(13(17,18)19)9(20)5-6-21-11/h1-6H. The summed E-state index contributed by atoms with van der Waals surface area (Å²) in [5, 5.41) is 0. The van der Waals surface area contributed by atoms with Crippen molar-refractivity contribution in [3.63, 3.8) is 0 Å². The van der Waals surface area contributed by atoms with Gasteiger partial charge in [-0.15, -0.1) is 0 Å². The highest BCUT2D eigenvalue weighted by atomic mass is 127. The third-order valence-electron chi connectivity index (χ3n) is 2.67. The molecule has 1 aromatic carbocycles. The zero-order chi connectivity index (χ0) is 15.8. The maximum Gasteiger partial charge on any atom is 0.419 e. The van der Waals surface area contributed by atoms with Crippen molar-refractivity contribution in [3.8, 4) is 11.3 Å². The molecular formula is C13H6F6IN. The highest BCUT2D eigenvalue weighted by Crippen LogP contribution is 2.42. The van der Waals surface area contributed by atoms with Gasteiger partial charge in [-0.1, -0.05) is 18.2 Å². The molecule has 112 valence electrons. The monoisotopic (exact) mass is 417 g/mol. The summed E-state index contributed by atoms with van der Waals surface area (Å²) in [5.41, 5.74) is -3.62. The van der Waals surface area contributed by atoms with Crippen LogP contribution in [0.3, 0.4) is 0 Å². The van der Waals surface area contributed by atoms with Gasteiger partial charge in [0.2, 0.25) is 0 Å². The zero-order valence-electron chi connectivity index (χ0n) is 10.1. The Bertz CT molecular complexity index is 662. The molecule has 0 radical (unpaired) electrons. The molecule has 1 heterocycles. The fraction of sp³-hybridized carbons (Fsp3) is 0.154. The first-order chi connectivity index (χ1) is 9.62. The SMILES string of the molecule is FC(F)(F)c1ccccc1-c1nccc(I)c1C(F)(F)F. The predicted molar refractivity (Wildman–Crippen MR) is 72.4 cm³/mol. The Morgan fingerprint density at radius 2 is 1.48 bits per heavy atom. The number of halogens is 7. The van der Waals surface area contributed by atoms with E-state index in [1.165, 1.54) is 28.7 Å². The van der Waals surface area contributed by atoms with E-state index in [1.54, 1.807) is 0 Å². The minimum absolute atomic E-state index is 0.206. The van der Waals surface area contributed by atoms with Crippen molar-refractivity contribution >= 4 is 22.6 Å². The maximum atomic E-state index is 13.1. The van der Waals surface area contributed by atoms with Gasteiger partial charge in [-0.05, 0) is 34.7 Å². The van der Waals surface area contributed by atoms with Crippen molar-refractivity contribution in [2.75, 3.05) is 0 Å². The summed E-state index contributed by atoms with van der Waals surface area (Å²) in [6, 6.07) is 5.18. The number of hydrogen-bond acceptors (Lipinski definition) is 1. The van der Waals surface area contributed by atoms with E-state index in [0.29, 0.717) is 0 Å². The number of aromatic nitrogens is 1. The van der Waals surface area contributed by atoms with Gasteiger partial charge in [0.1, 0.15) is 0 Å². The summed E-state index contributed by atoms with van der Waals surface area (Å²) in [6.07, 6.45) is -8.50. The maximum absolute atomic E-state index is 13.1. The summed E-state index contributed by atoms with van der Waals surface area (Å²) < 4.78 is 77.9. The van der Waals surface area contributed by atoms with Crippen molar-refractivity contribution in [3.05, 3.63) is 51.2 Å². The summed E-state index contributed by atoms with van der Waals surface area (Å²) in [7, 11) is 0.